The van der Waals surface area contributed by atoms with Crippen LogP contribution in [0.15, 0.2) is 59.2 Å². The maximum Gasteiger partial charge on any atom is 0.257 e. The maximum absolute atomic E-state index is 13.0. The topological polar surface area (TPSA) is 61.6 Å². The minimum atomic E-state index is 0.0106. The van der Waals surface area contributed by atoms with Crippen molar-refractivity contribution in [1.82, 2.24) is 14.7 Å². The van der Waals surface area contributed by atoms with Gasteiger partial charge < -0.3 is 14.9 Å². The van der Waals surface area contributed by atoms with Crippen LogP contribution in [-0.4, -0.2) is 51.9 Å². The molecule has 0 atom stereocenters. The van der Waals surface area contributed by atoms with Crippen molar-refractivity contribution in [3.63, 3.8) is 0 Å². The Morgan fingerprint density at radius 3 is 2.43 bits per heavy atom. The highest BCUT2D eigenvalue weighted by Gasteiger charge is 2.25. The van der Waals surface area contributed by atoms with E-state index in [4.69, 9.17) is 0 Å². The van der Waals surface area contributed by atoms with Gasteiger partial charge in [0.2, 0.25) is 0 Å². The first kappa shape index (κ1) is 18.6. The molecule has 1 N–H and O–H groups in total. The molecule has 1 aliphatic rings. The molecule has 0 spiro atoms. The quantitative estimate of drug-likeness (QED) is 0.675. The fourth-order valence-corrected chi connectivity index (χ4v) is 3.75. The summed E-state index contributed by atoms with van der Waals surface area (Å²) < 4.78 is 2.80. The number of anilines is 1. The van der Waals surface area contributed by atoms with E-state index in [0.717, 1.165) is 34.6 Å². The van der Waals surface area contributed by atoms with Crippen LogP contribution in [0.25, 0.3) is 5.69 Å². The average Bonchev–Trinajstić information content (AvgIpc) is 3.09. The number of carbonyl (C=O) groups is 1. The lowest BCUT2D eigenvalue weighted by Crippen LogP contribution is -2.48. The van der Waals surface area contributed by atoms with Crippen molar-refractivity contribution in [1.29, 1.82) is 0 Å². The van der Waals surface area contributed by atoms with Gasteiger partial charge in [-0.2, -0.15) is 5.10 Å². The van der Waals surface area contributed by atoms with Crippen LogP contribution in [0, 0.1) is 6.92 Å². The number of aromatic nitrogens is 2. The van der Waals surface area contributed by atoms with Crippen molar-refractivity contribution < 1.29 is 9.90 Å². The third-order valence-electron chi connectivity index (χ3n) is 5.07. The third kappa shape index (κ3) is 3.62. The second kappa shape index (κ2) is 7.67. The van der Waals surface area contributed by atoms with Gasteiger partial charge in [0.15, 0.2) is 0 Å². The summed E-state index contributed by atoms with van der Waals surface area (Å²) in [6.07, 6.45) is 1.65. The van der Waals surface area contributed by atoms with E-state index >= 15 is 0 Å². The molecule has 0 unspecified atom stereocenters. The third-order valence-corrected chi connectivity index (χ3v) is 5.60. The van der Waals surface area contributed by atoms with Gasteiger partial charge in [-0.3, -0.25) is 4.79 Å². The van der Waals surface area contributed by atoms with Gasteiger partial charge in [-0.05, 0) is 43.3 Å². The van der Waals surface area contributed by atoms with Crippen molar-refractivity contribution in [3.8, 4) is 11.4 Å². The van der Waals surface area contributed by atoms with Gasteiger partial charge in [-0.25, -0.2) is 4.68 Å². The van der Waals surface area contributed by atoms with Gasteiger partial charge in [-0.15, -0.1) is 0 Å². The Bertz CT molecular complexity index is 992. The molecule has 1 aliphatic heterocycles. The summed E-state index contributed by atoms with van der Waals surface area (Å²) in [7, 11) is 0. The smallest absolute Gasteiger partial charge is 0.257 e. The fraction of sp³-hybridized carbons (Fsp3) is 0.238. The first-order chi connectivity index (χ1) is 13.5. The molecule has 28 heavy (non-hydrogen) atoms. The molecule has 1 aromatic heterocycles. The van der Waals surface area contributed by atoms with Gasteiger partial charge in [0.1, 0.15) is 5.75 Å². The molecule has 7 heteroatoms. The Morgan fingerprint density at radius 1 is 1.04 bits per heavy atom. The fourth-order valence-electron chi connectivity index (χ4n) is 3.49. The number of aromatic hydroxyl groups is 1. The van der Waals surface area contributed by atoms with E-state index in [1.165, 1.54) is 0 Å². The number of carbonyl (C=O) groups excluding carboxylic acids is 1. The Morgan fingerprint density at radius 2 is 1.75 bits per heavy atom. The summed E-state index contributed by atoms with van der Waals surface area (Å²) in [4.78, 5) is 17.1. The highest BCUT2D eigenvalue weighted by atomic mass is 79.9. The molecule has 1 amide bonds. The number of amides is 1. The SMILES string of the molecule is Cc1c(C(=O)N2CCN(c3cccc(O)c3)CC2)cnn1-c1ccc(Br)cc1. The molecular weight excluding hydrogens is 420 g/mol. The zero-order chi connectivity index (χ0) is 19.7. The van der Waals surface area contributed by atoms with Gasteiger partial charge in [0.25, 0.3) is 5.91 Å². The average molecular weight is 441 g/mol. The van der Waals surface area contributed by atoms with E-state index < -0.39 is 0 Å². The van der Waals surface area contributed by atoms with E-state index in [-0.39, 0.29) is 11.7 Å². The predicted molar refractivity (Wildman–Crippen MR) is 112 cm³/mol. The molecule has 2 heterocycles. The van der Waals surface area contributed by atoms with E-state index in [1.807, 2.05) is 48.2 Å². The van der Waals surface area contributed by atoms with E-state index in [2.05, 4.69) is 25.9 Å². The van der Waals surface area contributed by atoms with Gasteiger partial charge >= 0.3 is 0 Å². The monoisotopic (exact) mass is 440 g/mol. The van der Waals surface area contributed by atoms with Crippen molar-refractivity contribution in [2.45, 2.75) is 6.92 Å². The van der Waals surface area contributed by atoms with Crippen LogP contribution in [0.4, 0.5) is 5.69 Å². The van der Waals surface area contributed by atoms with E-state index in [0.29, 0.717) is 18.7 Å². The zero-order valence-electron chi connectivity index (χ0n) is 15.5. The van der Waals surface area contributed by atoms with Crippen LogP contribution >= 0.6 is 15.9 Å². The van der Waals surface area contributed by atoms with Crippen LogP contribution < -0.4 is 4.90 Å². The number of phenolic OH excluding ortho intramolecular Hbond substituents is 1. The molecule has 0 bridgehead atoms. The number of phenols is 1. The Balaban J connectivity index is 1.46. The molecule has 3 aromatic rings. The van der Waals surface area contributed by atoms with Gasteiger partial charge in [0.05, 0.1) is 23.1 Å². The Kier molecular flexibility index (Phi) is 5.09. The number of rotatable bonds is 3. The van der Waals surface area contributed by atoms with E-state index in [9.17, 15) is 9.90 Å². The Hall–Kier alpha value is -2.80. The highest BCUT2D eigenvalue weighted by Crippen LogP contribution is 2.23. The largest absolute Gasteiger partial charge is 0.508 e. The lowest BCUT2D eigenvalue weighted by atomic mass is 10.2. The molecular formula is C21H21BrN4O2. The second-order valence-corrected chi connectivity index (χ2v) is 7.75. The van der Waals surface area contributed by atoms with Crippen molar-refractivity contribution in [2.75, 3.05) is 31.1 Å². The standard InChI is InChI=1S/C21H21BrN4O2/c1-15-20(14-23-26(15)17-7-5-16(22)6-8-17)21(28)25-11-9-24(10-12-25)18-3-2-4-19(27)13-18/h2-8,13-14,27H,9-12H2,1H3. The number of nitrogens with zero attached hydrogens (tertiary/aromatic N) is 4. The van der Waals surface area contributed by atoms with Gasteiger partial charge in [0, 0.05) is 42.4 Å². The zero-order valence-corrected chi connectivity index (χ0v) is 17.1. The van der Waals surface area contributed by atoms with Crippen LogP contribution in [-0.2, 0) is 0 Å². The molecule has 1 fully saturated rings. The van der Waals surface area contributed by atoms with Crippen molar-refractivity contribution in [3.05, 3.63) is 70.5 Å². The number of benzene rings is 2. The highest BCUT2D eigenvalue weighted by molar-refractivity contribution is 9.10. The summed E-state index contributed by atoms with van der Waals surface area (Å²) in [6, 6.07) is 15.1. The molecule has 0 radical (unpaired) electrons. The summed E-state index contributed by atoms with van der Waals surface area (Å²) in [5, 5.41) is 14.1. The molecule has 1 saturated heterocycles. The van der Waals surface area contributed by atoms with Crippen LogP contribution in [0.1, 0.15) is 16.1 Å². The van der Waals surface area contributed by atoms with Crippen LogP contribution in [0.5, 0.6) is 5.75 Å². The summed E-state index contributed by atoms with van der Waals surface area (Å²) in [5.74, 6) is 0.267. The molecule has 0 saturated carbocycles. The summed E-state index contributed by atoms with van der Waals surface area (Å²) in [6.45, 7) is 4.66. The Labute approximate surface area is 172 Å². The minimum Gasteiger partial charge on any atom is -0.508 e. The van der Waals surface area contributed by atoms with Crippen molar-refractivity contribution >= 4 is 27.5 Å². The van der Waals surface area contributed by atoms with Gasteiger partial charge in [-0.1, -0.05) is 22.0 Å². The number of hydrogen-bond donors (Lipinski definition) is 1. The maximum atomic E-state index is 13.0. The molecule has 6 nitrogen and oxygen atoms in total. The van der Waals surface area contributed by atoms with Crippen LogP contribution in [0.3, 0.4) is 0 Å². The molecule has 4 rings (SSSR count). The molecule has 2 aromatic carbocycles. The van der Waals surface area contributed by atoms with Crippen molar-refractivity contribution in [2.24, 2.45) is 0 Å². The normalized spacial score (nSPS) is 14.4. The summed E-state index contributed by atoms with van der Waals surface area (Å²) >= 11 is 3.43. The minimum absolute atomic E-state index is 0.0106. The molecule has 0 aliphatic carbocycles. The first-order valence-corrected chi connectivity index (χ1v) is 9.96. The summed E-state index contributed by atoms with van der Waals surface area (Å²) in [5.41, 5.74) is 3.37. The number of halogens is 1. The van der Waals surface area contributed by atoms with Crippen LogP contribution in [0.2, 0.25) is 0 Å². The first-order valence-electron chi connectivity index (χ1n) is 9.17. The second-order valence-electron chi connectivity index (χ2n) is 6.83. The lowest BCUT2D eigenvalue weighted by molar-refractivity contribution is 0.0746. The van der Waals surface area contributed by atoms with E-state index in [1.54, 1.807) is 23.0 Å². The number of hydrogen-bond acceptors (Lipinski definition) is 4. The molecule has 144 valence electrons. The number of piperazine rings is 1. The predicted octanol–water partition coefficient (Wildman–Crippen LogP) is 3.61. The lowest BCUT2D eigenvalue weighted by Gasteiger charge is -2.36.